The Morgan fingerprint density at radius 2 is 1.93 bits per heavy atom. The van der Waals surface area contributed by atoms with E-state index >= 15 is 0 Å². The third-order valence-electron chi connectivity index (χ3n) is 4.64. The van der Waals surface area contributed by atoms with Gasteiger partial charge in [0.15, 0.2) is 6.10 Å². The molecule has 29 heavy (non-hydrogen) atoms. The van der Waals surface area contributed by atoms with E-state index in [1.165, 1.54) is 17.0 Å². The van der Waals surface area contributed by atoms with Crippen molar-refractivity contribution < 1.29 is 23.9 Å². The molecular weight excluding hydrogens is 375 g/mol. The Morgan fingerprint density at radius 1 is 1.24 bits per heavy atom. The van der Waals surface area contributed by atoms with Gasteiger partial charge in [0.05, 0.1) is 12.3 Å². The fourth-order valence-corrected chi connectivity index (χ4v) is 3.09. The van der Waals surface area contributed by atoms with Crippen LogP contribution in [0.15, 0.2) is 53.7 Å². The number of benzene rings is 2. The minimum atomic E-state index is -0.992. The molecule has 7 heteroatoms. The van der Waals surface area contributed by atoms with Crippen molar-refractivity contribution in [2.75, 3.05) is 13.2 Å². The van der Waals surface area contributed by atoms with Crippen molar-refractivity contribution in [3.63, 3.8) is 0 Å². The van der Waals surface area contributed by atoms with Crippen molar-refractivity contribution in [2.45, 2.75) is 38.8 Å². The highest BCUT2D eigenvalue weighted by Gasteiger charge is 2.31. The molecule has 1 heterocycles. The number of rotatable bonds is 6. The highest BCUT2D eigenvalue weighted by atomic mass is 19.1. The van der Waals surface area contributed by atoms with Crippen molar-refractivity contribution >= 4 is 11.8 Å². The fourth-order valence-electron chi connectivity index (χ4n) is 3.09. The van der Waals surface area contributed by atoms with Crippen molar-refractivity contribution in [3.8, 4) is 16.9 Å². The monoisotopic (exact) mass is 400 g/mol. The van der Waals surface area contributed by atoms with E-state index in [4.69, 9.17) is 9.57 Å². The maximum Gasteiger partial charge on any atom is 0.408 e. The van der Waals surface area contributed by atoms with E-state index in [1.807, 2.05) is 45.0 Å². The number of ether oxygens (including phenoxy) is 1. The second-order valence-corrected chi connectivity index (χ2v) is 7.94. The summed E-state index contributed by atoms with van der Waals surface area (Å²) < 4.78 is 19.2. The lowest BCUT2D eigenvalue weighted by atomic mass is 10.0. The molecule has 0 radical (unpaired) electrons. The van der Waals surface area contributed by atoms with E-state index < -0.39 is 11.6 Å². The van der Waals surface area contributed by atoms with Crippen molar-refractivity contribution in [1.29, 1.82) is 0 Å². The van der Waals surface area contributed by atoms with Crippen LogP contribution in [-0.4, -0.2) is 46.6 Å². The van der Waals surface area contributed by atoms with E-state index in [1.54, 1.807) is 12.1 Å². The summed E-state index contributed by atoms with van der Waals surface area (Å²) in [7, 11) is 0. The number of nitrogens with zero attached hydrogens (tertiary/aromatic N) is 2. The Balaban J connectivity index is 1.60. The largest absolute Gasteiger partial charge is 0.489 e. The first-order valence-corrected chi connectivity index (χ1v) is 9.44. The zero-order valence-corrected chi connectivity index (χ0v) is 16.8. The van der Waals surface area contributed by atoms with Crippen LogP contribution in [0, 0.1) is 5.82 Å². The number of oxime groups is 1. The Labute approximate surface area is 169 Å². The van der Waals surface area contributed by atoms with Crippen LogP contribution in [0.25, 0.3) is 11.1 Å². The first-order valence-electron chi connectivity index (χ1n) is 9.44. The van der Waals surface area contributed by atoms with Crippen molar-refractivity contribution in [2.24, 2.45) is 5.16 Å². The summed E-state index contributed by atoms with van der Waals surface area (Å²) in [6, 6.07) is 13.8. The molecule has 2 aromatic rings. The average Bonchev–Trinajstić information content (AvgIpc) is 3.12. The van der Waals surface area contributed by atoms with E-state index in [0.717, 1.165) is 11.1 Å². The first-order chi connectivity index (χ1) is 13.7. The van der Waals surface area contributed by atoms with Gasteiger partial charge in [0.1, 0.15) is 18.2 Å². The average molecular weight is 400 g/mol. The van der Waals surface area contributed by atoms with Crippen LogP contribution in [-0.2, 0) is 4.84 Å². The van der Waals surface area contributed by atoms with Gasteiger partial charge in [-0.05, 0) is 44.5 Å². The zero-order valence-electron chi connectivity index (χ0n) is 16.8. The summed E-state index contributed by atoms with van der Waals surface area (Å²) in [5.74, 6) is 0.375. The van der Waals surface area contributed by atoms with Crippen molar-refractivity contribution in [3.05, 3.63) is 54.3 Å². The standard InChI is InChI=1S/C22H25FN2O4/c1-22(2,3)25(21(26)27)13-17-12-18(29-24-17)14-28-20-7-5-4-6-19(20)15-8-10-16(23)11-9-15/h4-11,18H,12-14H2,1-3H3,(H,26,27)/t18-/m1/s1. The Morgan fingerprint density at radius 3 is 2.59 bits per heavy atom. The maximum atomic E-state index is 13.2. The van der Waals surface area contributed by atoms with Gasteiger partial charge in [0, 0.05) is 17.5 Å². The Bertz CT molecular complexity index is 890. The molecule has 0 bridgehead atoms. The number of carboxylic acid groups (broad SMARTS) is 1. The highest BCUT2D eigenvalue weighted by Crippen LogP contribution is 2.30. The lowest BCUT2D eigenvalue weighted by Crippen LogP contribution is -2.47. The second-order valence-electron chi connectivity index (χ2n) is 7.94. The van der Waals surface area contributed by atoms with Gasteiger partial charge < -0.3 is 14.7 Å². The van der Waals surface area contributed by atoms with Gasteiger partial charge in [-0.15, -0.1) is 0 Å². The van der Waals surface area contributed by atoms with Crippen LogP contribution >= 0.6 is 0 Å². The molecule has 0 spiro atoms. The summed E-state index contributed by atoms with van der Waals surface area (Å²) in [5.41, 5.74) is 1.85. The second kappa shape index (κ2) is 8.51. The predicted molar refractivity (Wildman–Crippen MR) is 109 cm³/mol. The quantitative estimate of drug-likeness (QED) is 0.756. The first kappa shape index (κ1) is 20.6. The van der Waals surface area contributed by atoms with Gasteiger partial charge in [0.2, 0.25) is 0 Å². The number of para-hydroxylation sites is 1. The summed E-state index contributed by atoms with van der Waals surface area (Å²) in [4.78, 5) is 18.3. The summed E-state index contributed by atoms with van der Waals surface area (Å²) in [6.07, 6.45) is -0.784. The molecule has 154 valence electrons. The summed E-state index contributed by atoms with van der Waals surface area (Å²) in [5, 5.41) is 13.5. The summed E-state index contributed by atoms with van der Waals surface area (Å²) >= 11 is 0. The third-order valence-corrected chi connectivity index (χ3v) is 4.64. The Hall–Kier alpha value is -3.09. The minimum absolute atomic E-state index is 0.196. The molecule has 0 saturated heterocycles. The smallest absolute Gasteiger partial charge is 0.408 e. The maximum absolute atomic E-state index is 13.2. The van der Waals surface area contributed by atoms with Gasteiger partial charge in [-0.25, -0.2) is 9.18 Å². The zero-order chi connectivity index (χ0) is 21.0. The molecule has 2 aromatic carbocycles. The number of hydrogen-bond donors (Lipinski definition) is 1. The molecule has 1 atom stereocenters. The van der Waals surface area contributed by atoms with Gasteiger partial charge in [-0.1, -0.05) is 35.5 Å². The predicted octanol–water partition coefficient (Wildman–Crippen LogP) is 4.79. The minimum Gasteiger partial charge on any atom is -0.489 e. The molecule has 0 saturated carbocycles. The molecule has 6 nitrogen and oxygen atoms in total. The topological polar surface area (TPSA) is 71.4 Å². The van der Waals surface area contributed by atoms with Crippen LogP contribution in [0.5, 0.6) is 5.75 Å². The molecule has 3 rings (SSSR count). The normalized spacial score (nSPS) is 16.1. The number of amides is 1. The number of halogens is 1. The fraction of sp³-hybridized carbons (Fsp3) is 0.364. The van der Waals surface area contributed by atoms with E-state index in [0.29, 0.717) is 17.9 Å². The molecule has 0 fully saturated rings. The SMILES string of the molecule is CC(C)(C)N(CC1=NO[C@@H](COc2ccccc2-c2ccc(F)cc2)C1)C(=O)O. The third kappa shape index (κ3) is 5.25. The van der Waals surface area contributed by atoms with Crippen molar-refractivity contribution in [1.82, 2.24) is 4.90 Å². The van der Waals surface area contributed by atoms with E-state index in [9.17, 15) is 14.3 Å². The van der Waals surface area contributed by atoms with E-state index in [-0.39, 0.29) is 25.1 Å². The summed E-state index contributed by atoms with van der Waals surface area (Å²) in [6.45, 7) is 5.98. The molecule has 1 aliphatic heterocycles. The number of hydrogen-bond acceptors (Lipinski definition) is 4. The van der Waals surface area contributed by atoms with Crippen LogP contribution in [0.3, 0.4) is 0 Å². The lowest BCUT2D eigenvalue weighted by molar-refractivity contribution is 0.0472. The van der Waals surface area contributed by atoms with Crippen LogP contribution in [0.2, 0.25) is 0 Å². The van der Waals surface area contributed by atoms with Crippen LogP contribution in [0.4, 0.5) is 9.18 Å². The van der Waals surface area contributed by atoms with E-state index in [2.05, 4.69) is 5.16 Å². The molecule has 0 unspecified atom stereocenters. The van der Waals surface area contributed by atoms with Crippen LogP contribution < -0.4 is 4.74 Å². The molecule has 0 aromatic heterocycles. The molecule has 1 amide bonds. The molecule has 0 aliphatic carbocycles. The lowest BCUT2D eigenvalue weighted by Gasteiger charge is -2.32. The van der Waals surface area contributed by atoms with Gasteiger partial charge in [-0.2, -0.15) is 0 Å². The molecular formula is C22H25FN2O4. The Kier molecular flexibility index (Phi) is 6.06. The highest BCUT2D eigenvalue weighted by molar-refractivity contribution is 5.89. The molecule has 1 aliphatic rings. The molecule has 1 N–H and O–H groups in total. The van der Waals surface area contributed by atoms with Gasteiger partial charge >= 0.3 is 6.09 Å². The van der Waals surface area contributed by atoms with Gasteiger partial charge in [-0.3, -0.25) is 4.90 Å². The number of carbonyl (C=O) groups is 1. The van der Waals surface area contributed by atoms with Crippen LogP contribution in [0.1, 0.15) is 27.2 Å². The van der Waals surface area contributed by atoms with Gasteiger partial charge in [0.25, 0.3) is 0 Å².